The second-order valence-corrected chi connectivity index (χ2v) is 9.14. The fourth-order valence-corrected chi connectivity index (χ4v) is 5.23. The maximum atomic E-state index is 14.1. The van der Waals surface area contributed by atoms with Gasteiger partial charge < -0.3 is 0 Å². The molecule has 0 aliphatic carbocycles. The summed E-state index contributed by atoms with van der Waals surface area (Å²) in [6.45, 7) is 0. The minimum atomic E-state index is -2.76. The molecule has 2 aromatic heterocycles. The van der Waals surface area contributed by atoms with E-state index in [0.717, 1.165) is 8.96 Å². The minimum Gasteiger partial charge on any atom is -0.253 e. The summed E-state index contributed by atoms with van der Waals surface area (Å²) in [6, 6.07) is 17.6. The standard InChI is InChI=1S/C20H14FIN2OS/c1-26(25,15-7-3-2-4-8-15)24-13-19(22)17-11-14(12-23-20(17)24)16-9-5-6-10-18(16)21/h2-13H,1H2. The Kier molecular flexibility index (Phi) is 4.32. The topological polar surface area (TPSA) is 34.9 Å². The molecule has 0 N–H and O–H groups in total. The Morgan fingerprint density at radius 3 is 2.50 bits per heavy atom. The molecule has 6 heteroatoms. The van der Waals surface area contributed by atoms with Crippen LogP contribution in [0, 0.1) is 9.39 Å². The number of rotatable bonds is 3. The van der Waals surface area contributed by atoms with Crippen LogP contribution in [0.4, 0.5) is 4.39 Å². The van der Waals surface area contributed by atoms with E-state index in [1.165, 1.54) is 6.07 Å². The molecule has 26 heavy (non-hydrogen) atoms. The van der Waals surface area contributed by atoms with Crippen LogP contribution in [-0.4, -0.2) is 19.0 Å². The molecule has 0 bridgehead atoms. The highest BCUT2D eigenvalue weighted by molar-refractivity contribution is 14.1. The van der Waals surface area contributed by atoms with Gasteiger partial charge in [0.05, 0.1) is 14.6 Å². The van der Waals surface area contributed by atoms with Crippen LogP contribution in [-0.2, 0) is 9.71 Å². The van der Waals surface area contributed by atoms with E-state index in [1.54, 1.807) is 46.7 Å². The van der Waals surface area contributed by atoms with Crippen LogP contribution in [0.25, 0.3) is 22.2 Å². The third kappa shape index (κ3) is 2.83. The van der Waals surface area contributed by atoms with E-state index in [9.17, 15) is 8.60 Å². The fraction of sp³-hybridized carbons (Fsp3) is 0. The molecule has 0 saturated heterocycles. The van der Waals surface area contributed by atoms with E-state index in [4.69, 9.17) is 0 Å². The molecule has 0 spiro atoms. The quantitative estimate of drug-likeness (QED) is 0.309. The van der Waals surface area contributed by atoms with Crippen LogP contribution >= 0.6 is 22.6 Å². The van der Waals surface area contributed by atoms with E-state index >= 15 is 0 Å². The Bertz CT molecular complexity index is 1220. The summed E-state index contributed by atoms with van der Waals surface area (Å²) in [7, 11) is -2.76. The van der Waals surface area contributed by atoms with Crippen LogP contribution < -0.4 is 0 Å². The van der Waals surface area contributed by atoms with Gasteiger partial charge in [-0.3, -0.25) is 3.97 Å². The van der Waals surface area contributed by atoms with Crippen molar-refractivity contribution in [2.24, 2.45) is 0 Å². The average molecular weight is 476 g/mol. The molecule has 3 nitrogen and oxygen atoms in total. The molecule has 130 valence electrons. The van der Waals surface area contributed by atoms with Crippen molar-refractivity contribution in [3.8, 4) is 11.1 Å². The third-order valence-electron chi connectivity index (χ3n) is 4.18. The molecule has 4 aromatic rings. The van der Waals surface area contributed by atoms with Gasteiger partial charge in [-0.05, 0) is 52.7 Å². The summed E-state index contributed by atoms with van der Waals surface area (Å²) in [5.41, 5.74) is 1.74. The fourth-order valence-electron chi connectivity index (χ4n) is 2.86. The van der Waals surface area contributed by atoms with Crippen LogP contribution in [0.2, 0.25) is 0 Å². The van der Waals surface area contributed by atoms with E-state index in [0.29, 0.717) is 21.7 Å². The van der Waals surface area contributed by atoms with Crippen molar-refractivity contribution in [2.75, 3.05) is 0 Å². The number of benzene rings is 2. The van der Waals surface area contributed by atoms with Crippen LogP contribution in [0.5, 0.6) is 0 Å². The van der Waals surface area contributed by atoms with Gasteiger partial charge in [0, 0.05) is 32.5 Å². The predicted octanol–water partition coefficient (Wildman–Crippen LogP) is 4.99. The largest absolute Gasteiger partial charge is 0.253 e. The monoisotopic (exact) mass is 476 g/mol. The third-order valence-corrected chi connectivity index (χ3v) is 6.96. The van der Waals surface area contributed by atoms with Crippen molar-refractivity contribution < 1.29 is 8.60 Å². The number of halogens is 2. The van der Waals surface area contributed by atoms with Gasteiger partial charge in [-0.1, -0.05) is 36.4 Å². The number of aromatic nitrogens is 2. The predicted molar refractivity (Wildman–Crippen MR) is 113 cm³/mol. The lowest BCUT2D eigenvalue weighted by Gasteiger charge is -2.12. The Labute approximate surface area is 164 Å². The molecule has 0 radical (unpaired) electrons. The Morgan fingerprint density at radius 2 is 1.77 bits per heavy atom. The van der Waals surface area contributed by atoms with E-state index in [1.807, 2.05) is 24.3 Å². The van der Waals surface area contributed by atoms with Crippen molar-refractivity contribution in [1.29, 1.82) is 0 Å². The number of hydrogen-bond acceptors (Lipinski definition) is 2. The van der Waals surface area contributed by atoms with Crippen LogP contribution in [0.3, 0.4) is 0 Å². The smallest absolute Gasteiger partial charge is 0.152 e. The van der Waals surface area contributed by atoms with Gasteiger partial charge in [0.25, 0.3) is 0 Å². The number of fused-ring (bicyclic) bond motifs is 1. The lowest BCUT2D eigenvalue weighted by atomic mass is 10.1. The molecule has 0 amide bonds. The number of pyridine rings is 1. The van der Waals surface area contributed by atoms with Crippen LogP contribution in [0.1, 0.15) is 0 Å². The summed E-state index contributed by atoms with van der Waals surface area (Å²) in [6.07, 6.45) is 3.39. The summed E-state index contributed by atoms with van der Waals surface area (Å²) in [5.74, 6) is 3.66. The van der Waals surface area contributed by atoms with Gasteiger partial charge in [-0.15, -0.1) is 0 Å². The van der Waals surface area contributed by atoms with Gasteiger partial charge in [0.1, 0.15) is 5.82 Å². The van der Waals surface area contributed by atoms with Crippen molar-refractivity contribution in [1.82, 2.24) is 8.96 Å². The maximum Gasteiger partial charge on any atom is 0.152 e. The molecule has 0 aliphatic rings. The zero-order valence-electron chi connectivity index (χ0n) is 13.6. The summed E-state index contributed by atoms with van der Waals surface area (Å²) in [4.78, 5) is 5.12. The minimum absolute atomic E-state index is 0.298. The second kappa shape index (κ2) is 6.51. The lowest BCUT2D eigenvalue weighted by Crippen LogP contribution is -2.12. The molecule has 0 fully saturated rings. The van der Waals surface area contributed by atoms with Gasteiger partial charge in [-0.25, -0.2) is 13.6 Å². The maximum absolute atomic E-state index is 14.1. The van der Waals surface area contributed by atoms with Crippen molar-refractivity contribution >= 4 is 49.2 Å². The zero-order chi connectivity index (χ0) is 18.3. The molecule has 0 saturated carbocycles. The Hall–Kier alpha value is -2.19. The molecular weight excluding hydrogens is 462 g/mol. The molecule has 4 rings (SSSR count). The van der Waals surface area contributed by atoms with Gasteiger partial charge >= 0.3 is 0 Å². The summed E-state index contributed by atoms with van der Waals surface area (Å²) in [5, 5.41) is 0.818. The first kappa shape index (κ1) is 17.2. The number of hydrogen-bond donors (Lipinski definition) is 0. The summed E-state index contributed by atoms with van der Waals surface area (Å²) < 4.78 is 30.0. The second-order valence-electron chi connectivity index (χ2n) is 5.83. The van der Waals surface area contributed by atoms with E-state index in [2.05, 4.69) is 33.4 Å². The molecule has 1 unspecified atom stereocenters. The molecule has 1 atom stereocenters. The van der Waals surface area contributed by atoms with E-state index < -0.39 is 9.71 Å². The molecule has 2 aromatic carbocycles. The van der Waals surface area contributed by atoms with Crippen molar-refractivity contribution in [2.45, 2.75) is 4.90 Å². The summed E-state index contributed by atoms with van der Waals surface area (Å²) >= 11 is 2.18. The van der Waals surface area contributed by atoms with Gasteiger partial charge in [0.2, 0.25) is 0 Å². The molecule has 2 heterocycles. The normalized spacial score (nSPS) is 13.6. The Morgan fingerprint density at radius 1 is 1.08 bits per heavy atom. The van der Waals surface area contributed by atoms with E-state index in [-0.39, 0.29) is 5.82 Å². The highest BCUT2D eigenvalue weighted by Gasteiger charge is 2.17. The first-order valence-corrected chi connectivity index (χ1v) is 10.6. The molecular formula is C20H14FIN2OS. The SMILES string of the molecule is C=S(=O)(c1ccccc1)n1cc(I)c2cc(-c3ccccc3F)cnc21. The first-order valence-electron chi connectivity index (χ1n) is 7.83. The first-order chi connectivity index (χ1) is 12.5. The lowest BCUT2D eigenvalue weighted by molar-refractivity contribution is 0.631. The van der Waals surface area contributed by atoms with Crippen molar-refractivity contribution in [3.63, 3.8) is 0 Å². The van der Waals surface area contributed by atoms with Gasteiger partial charge in [0.15, 0.2) is 5.65 Å². The van der Waals surface area contributed by atoms with Gasteiger partial charge in [-0.2, -0.15) is 0 Å². The highest BCUT2D eigenvalue weighted by atomic mass is 127. The Balaban J connectivity index is 1.92. The average Bonchev–Trinajstić information content (AvgIpc) is 3.00. The van der Waals surface area contributed by atoms with Crippen molar-refractivity contribution in [3.05, 3.63) is 82.4 Å². The zero-order valence-corrected chi connectivity index (χ0v) is 16.6. The van der Waals surface area contributed by atoms with Crippen LogP contribution in [0.15, 0.2) is 78.0 Å². The highest BCUT2D eigenvalue weighted by Crippen LogP contribution is 2.30. The number of nitrogens with zero attached hydrogens (tertiary/aromatic N) is 2. The molecule has 0 aliphatic heterocycles.